The lowest BCUT2D eigenvalue weighted by atomic mass is 9.90. The quantitative estimate of drug-likeness (QED) is 0.0768. The standard InChI is InChI=1S/C32H36F2N4O10/c1-3-23(38-46)20(9-6-17-5-8-19(33)14-22(17)34)29(41)35-16-36-31(43)26-12-11-25(48-26)18-7-10-21(27(13-18)47-4-2)30(42)37-24(32(44)45)15-28(39)40/h5,7-8,10-14,20,23-24,38,46H,3-4,6,9,15-16H2,1-2H3,(H,35,41)(H,36,43)(H,37,42)(H,39,40)(H,44,45)/t20-,23-,24+/m1/s1. The summed E-state index contributed by atoms with van der Waals surface area (Å²) >= 11 is 0. The number of carboxylic acid groups (broad SMARTS) is 2. The van der Waals surface area contributed by atoms with Crippen molar-refractivity contribution in [3.8, 4) is 17.1 Å². The number of halogens is 2. The lowest BCUT2D eigenvalue weighted by Gasteiger charge is -2.24. The summed E-state index contributed by atoms with van der Waals surface area (Å²) in [5.74, 6) is -7.18. The van der Waals surface area contributed by atoms with E-state index < -0.39 is 65.7 Å². The molecule has 3 aromatic rings. The first-order chi connectivity index (χ1) is 22.9. The molecular weight excluding hydrogens is 638 g/mol. The van der Waals surface area contributed by atoms with E-state index in [1.807, 2.05) is 0 Å². The number of hydroxylamine groups is 1. The van der Waals surface area contributed by atoms with Crippen LogP contribution in [-0.2, 0) is 20.8 Å². The molecule has 0 fully saturated rings. The maximum absolute atomic E-state index is 14.1. The Morgan fingerprint density at radius 1 is 0.938 bits per heavy atom. The van der Waals surface area contributed by atoms with Crippen LogP contribution >= 0.6 is 0 Å². The predicted octanol–water partition coefficient (Wildman–Crippen LogP) is 3.09. The highest BCUT2D eigenvalue weighted by atomic mass is 19.1. The number of hydrogen-bond donors (Lipinski definition) is 7. The highest BCUT2D eigenvalue weighted by molar-refractivity contribution is 6.00. The van der Waals surface area contributed by atoms with Crippen LogP contribution in [0.15, 0.2) is 52.9 Å². The lowest BCUT2D eigenvalue weighted by Crippen LogP contribution is -2.46. The predicted molar refractivity (Wildman–Crippen MR) is 164 cm³/mol. The molecule has 0 radical (unpaired) electrons. The Kier molecular flexibility index (Phi) is 13.6. The molecule has 3 amide bonds. The molecule has 0 saturated carbocycles. The number of aliphatic carboxylic acids is 2. The Labute approximate surface area is 273 Å². The number of carbonyl (C=O) groups is 5. The molecule has 258 valence electrons. The summed E-state index contributed by atoms with van der Waals surface area (Å²) in [5.41, 5.74) is 2.63. The summed E-state index contributed by atoms with van der Waals surface area (Å²) in [7, 11) is 0. The second kappa shape index (κ2) is 17.5. The molecule has 0 aliphatic heterocycles. The second-order valence-corrected chi connectivity index (χ2v) is 10.5. The fourth-order valence-corrected chi connectivity index (χ4v) is 4.81. The molecule has 1 heterocycles. The van der Waals surface area contributed by atoms with E-state index >= 15 is 0 Å². The van der Waals surface area contributed by atoms with E-state index in [4.69, 9.17) is 14.3 Å². The van der Waals surface area contributed by atoms with Gasteiger partial charge in [-0.05, 0) is 62.1 Å². The van der Waals surface area contributed by atoms with Crippen molar-refractivity contribution in [2.75, 3.05) is 13.3 Å². The van der Waals surface area contributed by atoms with E-state index in [0.717, 1.165) is 12.1 Å². The van der Waals surface area contributed by atoms with Crippen LogP contribution in [0.4, 0.5) is 8.78 Å². The Hall–Kier alpha value is -5.35. The van der Waals surface area contributed by atoms with Gasteiger partial charge in [-0.1, -0.05) is 19.1 Å². The number of nitrogens with one attached hydrogen (secondary N) is 4. The maximum Gasteiger partial charge on any atom is 0.326 e. The van der Waals surface area contributed by atoms with Crippen LogP contribution < -0.4 is 26.2 Å². The molecular formula is C32H36F2N4O10. The summed E-state index contributed by atoms with van der Waals surface area (Å²) in [6.07, 6.45) is -0.272. The number of amides is 3. The van der Waals surface area contributed by atoms with Crippen LogP contribution in [0.5, 0.6) is 5.75 Å². The number of carbonyl (C=O) groups excluding carboxylic acids is 3. The van der Waals surface area contributed by atoms with Crippen molar-refractivity contribution >= 4 is 29.7 Å². The zero-order valence-electron chi connectivity index (χ0n) is 26.0. The number of benzene rings is 2. The van der Waals surface area contributed by atoms with Gasteiger partial charge < -0.3 is 40.5 Å². The first kappa shape index (κ1) is 37.1. The van der Waals surface area contributed by atoms with Crippen molar-refractivity contribution < 1.29 is 57.3 Å². The monoisotopic (exact) mass is 674 g/mol. The van der Waals surface area contributed by atoms with E-state index in [0.29, 0.717) is 12.0 Å². The van der Waals surface area contributed by atoms with Gasteiger partial charge >= 0.3 is 11.9 Å². The van der Waals surface area contributed by atoms with Crippen LogP contribution in [-0.4, -0.2) is 70.4 Å². The van der Waals surface area contributed by atoms with Gasteiger partial charge in [0.2, 0.25) is 5.91 Å². The molecule has 48 heavy (non-hydrogen) atoms. The van der Waals surface area contributed by atoms with E-state index in [2.05, 4.69) is 21.4 Å². The summed E-state index contributed by atoms with van der Waals surface area (Å²) in [4.78, 5) is 60.9. The minimum atomic E-state index is -1.67. The van der Waals surface area contributed by atoms with Crippen molar-refractivity contribution in [2.45, 2.75) is 51.6 Å². The van der Waals surface area contributed by atoms with E-state index in [1.165, 1.54) is 36.4 Å². The van der Waals surface area contributed by atoms with Gasteiger partial charge in [0.05, 0.1) is 31.2 Å². The fraction of sp³-hybridized carbons (Fsp3) is 0.344. The molecule has 14 nitrogen and oxygen atoms in total. The minimum absolute atomic E-state index is 0.0524. The van der Waals surface area contributed by atoms with Crippen molar-refractivity contribution in [1.82, 2.24) is 21.4 Å². The van der Waals surface area contributed by atoms with Crippen LogP contribution in [0.2, 0.25) is 0 Å². The number of hydrogen-bond acceptors (Lipinski definition) is 9. The molecule has 0 bridgehead atoms. The summed E-state index contributed by atoms with van der Waals surface area (Å²) < 4.78 is 38.6. The van der Waals surface area contributed by atoms with Crippen molar-refractivity contribution in [1.29, 1.82) is 0 Å². The first-order valence-electron chi connectivity index (χ1n) is 14.9. The van der Waals surface area contributed by atoms with Crippen molar-refractivity contribution in [2.24, 2.45) is 5.92 Å². The third kappa shape index (κ3) is 10.1. The average Bonchev–Trinajstić information content (AvgIpc) is 3.54. The second-order valence-electron chi connectivity index (χ2n) is 10.5. The summed E-state index contributed by atoms with van der Waals surface area (Å²) in [6, 6.07) is 7.88. The van der Waals surface area contributed by atoms with Crippen molar-refractivity contribution in [3.63, 3.8) is 0 Å². The Morgan fingerprint density at radius 2 is 1.69 bits per heavy atom. The van der Waals surface area contributed by atoms with Gasteiger partial charge in [-0.3, -0.25) is 19.2 Å². The Morgan fingerprint density at radius 3 is 2.31 bits per heavy atom. The molecule has 3 atom stereocenters. The lowest BCUT2D eigenvalue weighted by molar-refractivity contribution is -0.145. The molecule has 0 saturated heterocycles. The SMILES string of the molecule is CCOc1cc(-c2ccc(C(=O)NCNC(=O)[C@H](CCc3ccc(F)cc3F)[C@@H](CC)NO)o2)ccc1C(=O)N[C@@H](CC(=O)O)C(=O)O. The molecule has 0 spiro atoms. The van der Waals surface area contributed by atoms with Gasteiger partial charge in [-0.25, -0.2) is 19.1 Å². The summed E-state index contributed by atoms with van der Waals surface area (Å²) in [6.45, 7) is 3.22. The largest absolute Gasteiger partial charge is 0.493 e. The van der Waals surface area contributed by atoms with Crippen LogP contribution in [0, 0.1) is 17.6 Å². The van der Waals surface area contributed by atoms with Gasteiger partial charge in [0.1, 0.15) is 29.2 Å². The fourth-order valence-electron chi connectivity index (χ4n) is 4.81. The highest BCUT2D eigenvalue weighted by Gasteiger charge is 2.28. The third-order valence-electron chi connectivity index (χ3n) is 7.30. The number of carboxylic acids is 2. The maximum atomic E-state index is 14.1. The third-order valence-corrected chi connectivity index (χ3v) is 7.30. The topological polar surface area (TPSA) is 217 Å². The summed E-state index contributed by atoms with van der Waals surface area (Å²) in [5, 5.41) is 35.0. The molecule has 16 heteroatoms. The van der Waals surface area contributed by atoms with E-state index in [-0.39, 0.29) is 54.5 Å². The van der Waals surface area contributed by atoms with Crippen molar-refractivity contribution in [3.05, 3.63) is 77.1 Å². The van der Waals surface area contributed by atoms with E-state index in [1.54, 1.807) is 13.8 Å². The smallest absolute Gasteiger partial charge is 0.326 e. The molecule has 2 aromatic carbocycles. The molecule has 1 aromatic heterocycles. The number of furan rings is 1. The highest BCUT2D eigenvalue weighted by Crippen LogP contribution is 2.29. The number of rotatable bonds is 18. The minimum Gasteiger partial charge on any atom is -0.493 e. The molecule has 3 rings (SSSR count). The Bertz CT molecular complexity index is 1630. The first-order valence-corrected chi connectivity index (χ1v) is 14.9. The molecule has 0 aliphatic carbocycles. The van der Waals surface area contributed by atoms with Crippen LogP contribution in [0.3, 0.4) is 0 Å². The Balaban J connectivity index is 1.65. The molecule has 0 aliphatic rings. The molecule has 7 N–H and O–H groups in total. The van der Waals surface area contributed by atoms with Crippen LogP contribution in [0.25, 0.3) is 11.3 Å². The molecule has 0 unspecified atom stereocenters. The average molecular weight is 675 g/mol. The van der Waals surface area contributed by atoms with Gasteiger partial charge in [-0.15, -0.1) is 0 Å². The number of aryl methyl sites for hydroxylation is 1. The van der Waals surface area contributed by atoms with E-state index in [9.17, 15) is 43.1 Å². The van der Waals surface area contributed by atoms with Gasteiger partial charge in [0.25, 0.3) is 11.8 Å². The zero-order chi connectivity index (χ0) is 35.4. The van der Waals surface area contributed by atoms with Gasteiger partial charge in [-0.2, -0.15) is 0 Å². The number of ether oxygens (including phenoxy) is 1. The van der Waals surface area contributed by atoms with Crippen LogP contribution in [0.1, 0.15) is 59.6 Å². The van der Waals surface area contributed by atoms with Gasteiger partial charge in [0, 0.05) is 17.7 Å². The zero-order valence-corrected chi connectivity index (χ0v) is 26.0. The van der Waals surface area contributed by atoms with Gasteiger partial charge in [0.15, 0.2) is 5.76 Å². The normalized spacial score (nSPS) is 12.8.